The predicted molar refractivity (Wildman–Crippen MR) is 62.2 cm³/mol. The van der Waals surface area contributed by atoms with Crippen LogP contribution in [-0.2, 0) is 4.79 Å². The molecule has 0 amide bonds. The molecule has 1 aromatic carbocycles. The van der Waals surface area contributed by atoms with E-state index in [4.69, 9.17) is 14.9 Å². The van der Waals surface area contributed by atoms with E-state index in [9.17, 15) is 9.90 Å². The molecule has 2 aromatic rings. The Kier molecular flexibility index (Phi) is 2.66. The van der Waals surface area contributed by atoms with E-state index in [0.29, 0.717) is 17.4 Å². The molecule has 1 aromatic heterocycles. The van der Waals surface area contributed by atoms with Gasteiger partial charge in [0.2, 0.25) is 0 Å². The van der Waals surface area contributed by atoms with Crippen molar-refractivity contribution in [3.63, 3.8) is 0 Å². The van der Waals surface area contributed by atoms with Crippen LogP contribution in [0.2, 0.25) is 0 Å². The van der Waals surface area contributed by atoms with Crippen LogP contribution in [0.4, 0.5) is 0 Å². The minimum Gasteiger partial charge on any atom is -0.506 e. The molecule has 5 nitrogen and oxygen atoms in total. The van der Waals surface area contributed by atoms with Crippen molar-refractivity contribution in [2.75, 3.05) is 0 Å². The molecular formula is C12H9NO4. The van der Waals surface area contributed by atoms with Gasteiger partial charge >= 0.3 is 5.97 Å². The monoisotopic (exact) mass is 231 g/mol. The van der Waals surface area contributed by atoms with E-state index in [2.05, 4.69) is 0 Å². The second kappa shape index (κ2) is 4.13. The van der Waals surface area contributed by atoms with Crippen LogP contribution in [0.5, 0.6) is 0 Å². The Bertz CT molecular complexity index is 624. The van der Waals surface area contributed by atoms with Crippen LogP contribution in [0.25, 0.3) is 16.7 Å². The Balaban J connectivity index is 2.59. The summed E-state index contributed by atoms with van der Waals surface area (Å²) in [6.45, 7) is 0. The Hall–Kier alpha value is -2.56. The number of aliphatic hydroxyl groups is 1. The normalized spacial score (nSPS) is 12.2. The third-order valence-corrected chi connectivity index (χ3v) is 2.36. The van der Waals surface area contributed by atoms with Gasteiger partial charge in [0.25, 0.3) is 0 Å². The van der Waals surface area contributed by atoms with Crippen molar-refractivity contribution >= 4 is 28.9 Å². The maximum atomic E-state index is 10.8. The van der Waals surface area contributed by atoms with E-state index in [1.807, 2.05) is 0 Å². The number of rotatable bonds is 3. The van der Waals surface area contributed by atoms with E-state index in [-0.39, 0.29) is 0 Å². The highest BCUT2D eigenvalue weighted by Crippen LogP contribution is 2.22. The van der Waals surface area contributed by atoms with Crippen LogP contribution in [0.15, 0.2) is 40.5 Å². The first-order chi connectivity index (χ1) is 8.13. The number of benzene rings is 1. The summed E-state index contributed by atoms with van der Waals surface area (Å²) >= 11 is 0. The number of hydrogen-bond acceptors (Lipinski definition) is 4. The summed E-state index contributed by atoms with van der Waals surface area (Å²) in [6, 6.07) is 6.47. The Morgan fingerprint density at radius 1 is 1.29 bits per heavy atom. The Labute approximate surface area is 96.1 Å². The zero-order valence-electron chi connectivity index (χ0n) is 8.68. The van der Waals surface area contributed by atoms with Crippen LogP contribution < -0.4 is 0 Å². The fourth-order valence-corrected chi connectivity index (χ4v) is 1.50. The molecule has 0 saturated carbocycles. The summed E-state index contributed by atoms with van der Waals surface area (Å²) < 4.78 is 5.13. The zero-order valence-corrected chi connectivity index (χ0v) is 8.68. The van der Waals surface area contributed by atoms with Gasteiger partial charge in [-0.05, 0) is 24.3 Å². The lowest BCUT2D eigenvalue weighted by Gasteiger charge is -2.02. The SMILES string of the molecule is N=CC(C(=O)O)=C(O)c1ccc2occc2c1. The van der Waals surface area contributed by atoms with Gasteiger partial charge in [-0.1, -0.05) is 0 Å². The van der Waals surface area contributed by atoms with Crippen molar-refractivity contribution in [2.45, 2.75) is 0 Å². The van der Waals surface area contributed by atoms with E-state index in [1.165, 1.54) is 12.3 Å². The van der Waals surface area contributed by atoms with Gasteiger partial charge in [0.1, 0.15) is 16.9 Å². The topological polar surface area (TPSA) is 94.5 Å². The van der Waals surface area contributed by atoms with Gasteiger partial charge in [-0.2, -0.15) is 0 Å². The molecule has 86 valence electrons. The van der Waals surface area contributed by atoms with E-state index < -0.39 is 17.3 Å². The Morgan fingerprint density at radius 3 is 2.71 bits per heavy atom. The number of carbonyl (C=O) groups is 1. The molecule has 0 bridgehead atoms. The van der Waals surface area contributed by atoms with Gasteiger partial charge in [-0.3, -0.25) is 0 Å². The number of fused-ring (bicyclic) bond motifs is 1. The highest BCUT2D eigenvalue weighted by molar-refractivity contribution is 6.13. The van der Waals surface area contributed by atoms with Crippen molar-refractivity contribution in [1.82, 2.24) is 0 Å². The molecule has 17 heavy (non-hydrogen) atoms. The molecule has 3 N–H and O–H groups in total. The largest absolute Gasteiger partial charge is 0.506 e. The molecule has 5 heteroatoms. The average Bonchev–Trinajstić information content (AvgIpc) is 2.75. The molecule has 0 radical (unpaired) electrons. The number of hydrogen-bond donors (Lipinski definition) is 3. The second-order valence-corrected chi connectivity index (χ2v) is 3.38. The number of carboxylic acid groups (broad SMARTS) is 1. The fraction of sp³-hybridized carbons (Fsp3) is 0. The van der Waals surface area contributed by atoms with Gasteiger partial charge in [0.15, 0.2) is 0 Å². The van der Waals surface area contributed by atoms with Crippen LogP contribution in [0.3, 0.4) is 0 Å². The van der Waals surface area contributed by atoms with Crippen LogP contribution in [-0.4, -0.2) is 22.4 Å². The smallest absolute Gasteiger partial charge is 0.341 e. The van der Waals surface area contributed by atoms with Gasteiger partial charge in [-0.15, -0.1) is 0 Å². The molecule has 2 rings (SSSR count). The highest BCUT2D eigenvalue weighted by Gasteiger charge is 2.13. The Morgan fingerprint density at radius 2 is 2.06 bits per heavy atom. The molecule has 0 aliphatic rings. The molecule has 1 heterocycles. The van der Waals surface area contributed by atoms with Gasteiger partial charge in [-0.25, -0.2) is 4.79 Å². The molecule has 0 saturated heterocycles. The lowest BCUT2D eigenvalue weighted by Crippen LogP contribution is -2.05. The molecule has 0 aliphatic heterocycles. The van der Waals surface area contributed by atoms with E-state index in [0.717, 1.165) is 5.39 Å². The van der Waals surface area contributed by atoms with E-state index in [1.54, 1.807) is 18.2 Å². The van der Waals surface area contributed by atoms with Crippen molar-refractivity contribution in [3.8, 4) is 0 Å². The van der Waals surface area contributed by atoms with Gasteiger partial charge in [0, 0.05) is 17.2 Å². The fourth-order valence-electron chi connectivity index (χ4n) is 1.50. The maximum Gasteiger partial charge on any atom is 0.341 e. The number of aliphatic hydroxyl groups excluding tert-OH is 1. The highest BCUT2D eigenvalue weighted by atomic mass is 16.4. The first-order valence-corrected chi connectivity index (χ1v) is 4.78. The quantitative estimate of drug-likeness (QED) is 0.429. The average molecular weight is 231 g/mol. The lowest BCUT2D eigenvalue weighted by molar-refractivity contribution is -0.132. The van der Waals surface area contributed by atoms with Crippen molar-refractivity contribution < 1.29 is 19.4 Å². The van der Waals surface area contributed by atoms with Gasteiger partial charge < -0.3 is 20.0 Å². The molecule has 0 aliphatic carbocycles. The number of carboxylic acids is 1. The first-order valence-electron chi connectivity index (χ1n) is 4.78. The number of aliphatic carboxylic acids is 1. The van der Waals surface area contributed by atoms with Gasteiger partial charge in [0.05, 0.1) is 6.26 Å². The van der Waals surface area contributed by atoms with Crippen LogP contribution in [0, 0.1) is 5.41 Å². The molecular weight excluding hydrogens is 222 g/mol. The summed E-state index contributed by atoms with van der Waals surface area (Å²) in [4.78, 5) is 10.8. The third kappa shape index (κ3) is 1.90. The summed E-state index contributed by atoms with van der Waals surface area (Å²) in [5, 5.41) is 26.3. The second-order valence-electron chi connectivity index (χ2n) is 3.38. The van der Waals surface area contributed by atoms with E-state index >= 15 is 0 Å². The number of furan rings is 1. The summed E-state index contributed by atoms with van der Waals surface area (Å²) in [7, 11) is 0. The molecule has 0 spiro atoms. The van der Waals surface area contributed by atoms with Crippen LogP contribution >= 0.6 is 0 Å². The van der Waals surface area contributed by atoms with Crippen molar-refractivity contribution in [3.05, 3.63) is 41.7 Å². The standard InChI is InChI=1S/C12H9NO4/c13-6-9(12(15)16)11(14)8-1-2-10-7(5-8)3-4-17-10/h1-6,13-14H,(H,15,16). The summed E-state index contributed by atoms with van der Waals surface area (Å²) in [5.74, 6) is -1.78. The first kappa shape index (κ1) is 10.9. The summed E-state index contributed by atoms with van der Waals surface area (Å²) in [6.07, 6.45) is 2.11. The molecule has 0 atom stereocenters. The summed E-state index contributed by atoms with van der Waals surface area (Å²) in [5.41, 5.74) is 0.529. The lowest BCUT2D eigenvalue weighted by atomic mass is 10.1. The van der Waals surface area contributed by atoms with Crippen LogP contribution in [0.1, 0.15) is 5.56 Å². The maximum absolute atomic E-state index is 10.8. The molecule has 0 fully saturated rings. The minimum absolute atomic E-state index is 0.333. The third-order valence-electron chi connectivity index (χ3n) is 2.36. The predicted octanol–water partition coefficient (Wildman–Crippen LogP) is 2.44. The number of nitrogens with one attached hydrogen (secondary N) is 1. The zero-order chi connectivity index (χ0) is 12.4. The van der Waals surface area contributed by atoms with Crippen molar-refractivity contribution in [2.24, 2.45) is 0 Å². The molecule has 0 unspecified atom stereocenters. The van der Waals surface area contributed by atoms with Crippen molar-refractivity contribution in [1.29, 1.82) is 5.41 Å². The minimum atomic E-state index is -1.34.